The van der Waals surface area contributed by atoms with Crippen LogP contribution in [0.15, 0.2) is 71.6 Å². The molecule has 1 atom stereocenters. The number of ether oxygens (including phenoxy) is 1. The molecule has 0 fully saturated rings. The van der Waals surface area contributed by atoms with E-state index >= 15 is 0 Å². The molecule has 3 aromatic carbocycles. The molecular weight excluding hydrogens is 440 g/mol. The van der Waals surface area contributed by atoms with Crippen LogP contribution >= 0.6 is 0 Å². The Bertz CT molecular complexity index is 1330. The van der Waals surface area contributed by atoms with Crippen molar-refractivity contribution < 1.29 is 22.7 Å². The summed E-state index contributed by atoms with van der Waals surface area (Å²) < 4.78 is 32.8. The molecule has 1 aliphatic heterocycles. The number of carbonyl (C=O) groups is 2. The van der Waals surface area contributed by atoms with Gasteiger partial charge in [-0.1, -0.05) is 29.8 Å². The maximum atomic E-state index is 13.3. The molecule has 33 heavy (non-hydrogen) atoms. The lowest BCUT2D eigenvalue weighted by atomic mass is 10.1. The van der Waals surface area contributed by atoms with Crippen molar-refractivity contribution in [3.63, 3.8) is 0 Å². The minimum absolute atomic E-state index is 0.231. The molecule has 0 saturated carbocycles. The number of para-hydroxylation sites is 1. The van der Waals surface area contributed by atoms with E-state index in [1.807, 2.05) is 13.8 Å². The second-order valence-electron chi connectivity index (χ2n) is 8.00. The summed E-state index contributed by atoms with van der Waals surface area (Å²) in [5.74, 6) is -0.952. The Labute approximate surface area is 193 Å². The van der Waals surface area contributed by atoms with Crippen molar-refractivity contribution in [1.29, 1.82) is 0 Å². The molecule has 1 aliphatic rings. The fourth-order valence-electron chi connectivity index (χ4n) is 4.01. The van der Waals surface area contributed by atoms with Crippen LogP contribution in [-0.4, -0.2) is 33.4 Å². The molecule has 0 bridgehead atoms. The third kappa shape index (κ3) is 4.21. The first kappa shape index (κ1) is 22.5. The zero-order valence-electron chi connectivity index (χ0n) is 18.5. The van der Waals surface area contributed by atoms with Crippen molar-refractivity contribution >= 4 is 33.3 Å². The predicted octanol–water partition coefficient (Wildman–Crippen LogP) is 4.17. The largest absolute Gasteiger partial charge is 0.465 e. The van der Waals surface area contributed by atoms with Crippen molar-refractivity contribution in [2.24, 2.45) is 0 Å². The summed E-state index contributed by atoms with van der Waals surface area (Å²) in [6, 6.07) is 18.0. The van der Waals surface area contributed by atoms with Gasteiger partial charge >= 0.3 is 5.97 Å². The van der Waals surface area contributed by atoms with Crippen molar-refractivity contribution in [3.8, 4) is 0 Å². The number of esters is 1. The van der Waals surface area contributed by atoms with Gasteiger partial charge in [0, 0.05) is 11.6 Å². The summed E-state index contributed by atoms with van der Waals surface area (Å²) in [6.45, 7) is 3.75. The number of aryl methyl sites for hydroxylation is 1. The lowest BCUT2D eigenvalue weighted by Crippen LogP contribution is -2.35. The highest BCUT2D eigenvalue weighted by Gasteiger charge is 2.36. The van der Waals surface area contributed by atoms with Crippen molar-refractivity contribution in [2.75, 3.05) is 16.7 Å². The first-order valence-electron chi connectivity index (χ1n) is 10.4. The van der Waals surface area contributed by atoms with Crippen LogP contribution in [0, 0.1) is 6.92 Å². The van der Waals surface area contributed by atoms with Crippen LogP contribution in [0.1, 0.15) is 38.8 Å². The lowest BCUT2D eigenvalue weighted by Gasteiger charge is -2.24. The maximum Gasteiger partial charge on any atom is 0.339 e. The fraction of sp³-hybridized carbons (Fsp3) is 0.200. The van der Waals surface area contributed by atoms with E-state index in [4.69, 9.17) is 4.74 Å². The van der Waals surface area contributed by atoms with E-state index in [0.717, 1.165) is 11.1 Å². The van der Waals surface area contributed by atoms with E-state index in [2.05, 4.69) is 5.32 Å². The third-order valence-corrected chi connectivity index (χ3v) is 7.60. The summed E-state index contributed by atoms with van der Waals surface area (Å²) >= 11 is 0. The van der Waals surface area contributed by atoms with Crippen LogP contribution in [0.25, 0.3) is 0 Å². The number of sulfonamides is 1. The summed E-state index contributed by atoms with van der Waals surface area (Å²) in [4.78, 5) is 25.1. The van der Waals surface area contributed by atoms with Crippen molar-refractivity contribution in [3.05, 3.63) is 89.0 Å². The highest BCUT2D eigenvalue weighted by atomic mass is 32.2. The van der Waals surface area contributed by atoms with Crippen LogP contribution in [0.2, 0.25) is 0 Å². The van der Waals surface area contributed by atoms with Gasteiger partial charge in [-0.15, -0.1) is 0 Å². The molecule has 4 rings (SSSR count). The average molecular weight is 465 g/mol. The van der Waals surface area contributed by atoms with Gasteiger partial charge in [0.2, 0.25) is 0 Å². The van der Waals surface area contributed by atoms with Crippen LogP contribution in [0.3, 0.4) is 0 Å². The van der Waals surface area contributed by atoms with Gasteiger partial charge in [0.05, 0.1) is 28.9 Å². The van der Waals surface area contributed by atoms with E-state index in [9.17, 15) is 18.0 Å². The number of fused-ring (bicyclic) bond motifs is 1. The Morgan fingerprint density at radius 3 is 2.42 bits per heavy atom. The first-order valence-corrected chi connectivity index (χ1v) is 11.9. The zero-order valence-corrected chi connectivity index (χ0v) is 19.3. The van der Waals surface area contributed by atoms with Gasteiger partial charge in [-0.3, -0.25) is 9.10 Å². The smallest absolute Gasteiger partial charge is 0.339 e. The summed E-state index contributed by atoms with van der Waals surface area (Å²) in [6.07, 6.45) is 0.486. The standard InChI is InChI=1S/C25H24N2O5S/c1-16-8-11-20(12-9-16)33(30,31)27-17(2)14-19-15-18(10-13-23(19)27)24(28)26-22-7-5-4-6-21(22)25(29)32-3/h4-13,15,17H,14H2,1-3H3,(H,26,28)/t17-/m0/s1. The second-order valence-corrected chi connectivity index (χ2v) is 9.82. The van der Waals surface area contributed by atoms with Gasteiger partial charge < -0.3 is 10.1 Å². The summed E-state index contributed by atoms with van der Waals surface area (Å²) in [7, 11) is -2.46. The zero-order chi connectivity index (χ0) is 23.8. The monoisotopic (exact) mass is 464 g/mol. The molecule has 170 valence electrons. The number of nitrogens with one attached hydrogen (secondary N) is 1. The topological polar surface area (TPSA) is 92.8 Å². The molecule has 0 aromatic heterocycles. The lowest BCUT2D eigenvalue weighted by molar-refractivity contribution is 0.0602. The Morgan fingerprint density at radius 2 is 1.73 bits per heavy atom. The minimum Gasteiger partial charge on any atom is -0.465 e. The number of hydrogen-bond donors (Lipinski definition) is 1. The molecule has 0 unspecified atom stereocenters. The maximum absolute atomic E-state index is 13.3. The highest BCUT2D eigenvalue weighted by molar-refractivity contribution is 7.92. The van der Waals surface area contributed by atoms with Crippen LogP contribution in [-0.2, 0) is 21.2 Å². The van der Waals surface area contributed by atoms with Gasteiger partial charge in [-0.25, -0.2) is 13.2 Å². The number of hydrogen-bond acceptors (Lipinski definition) is 5. The van der Waals surface area contributed by atoms with Gasteiger partial charge in [0.15, 0.2) is 0 Å². The van der Waals surface area contributed by atoms with E-state index in [1.165, 1.54) is 11.4 Å². The molecule has 1 N–H and O–H groups in total. The van der Waals surface area contributed by atoms with Gasteiger partial charge in [-0.05, 0) is 68.3 Å². The molecule has 0 aliphatic carbocycles. The molecule has 0 saturated heterocycles. The normalized spacial score (nSPS) is 15.1. The first-order chi connectivity index (χ1) is 15.7. The Kier molecular flexibility index (Phi) is 5.95. The fourth-order valence-corrected chi connectivity index (χ4v) is 5.70. The summed E-state index contributed by atoms with van der Waals surface area (Å²) in [5.41, 5.74) is 3.27. The molecule has 0 radical (unpaired) electrons. The van der Waals surface area contributed by atoms with Crippen molar-refractivity contribution in [1.82, 2.24) is 0 Å². The molecule has 1 amide bonds. The van der Waals surface area contributed by atoms with Gasteiger partial charge in [0.25, 0.3) is 15.9 Å². The molecular formula is C25H24N2O5S. The van der Waals surface area contributed by atoms with Gasteiger partial charge in [-0.2, -0.15) is 0 Å². The molecule has 7 nitrogen and oxygen atoms in total. The number of nitrogens with zero attached hydrogens (tertiary/aromatic N) is 1. The van der Waals surface area contributed by atoms with E-state index < -0.39 is 21.9 Å². The quantitative estimate of drug-likeness (QED) is 0.572. The highest BCUT2D eigenvalue weighted by Crippen LogP contribution is 2.37. The summed E-state index contributed by atoms with van der Waals surface area (Å²) in [5, 5.41) is 2.75. The van der Waals surface area contributed by atoms with Crippen LogP contribution in [0.4, 0.5) is 11.4 Å². The van der Waals surface area contributed by atoms with Gasteiger partial charge in [0.1, 0.15) is 0 Å². The number of amides is 1. The van der Waals surface area contributed by atoms with E-state index in [0.29, 0.717) is 23.4 Å². The number of benzene rings is 3. The number of carbonyl (C=O) groups excluding carboxylic acids is 2. The molecule has 3 aromatic rings. The second kappa shape index (κ2) is 8.71. The SMILES string of the molecule is COC(=O)c1ccccc1NC(=O)c1ccc2c(c1)C[C@H](C)N2S(=O)(=O)c1ccc(C)cc1. The number of rotatable bonds is 5. The van der Waals surface area contributed by atoms with Crippen LogP contribution in [0.5, 0.6) is 0 Å². The Morgan fingerprint density at radius 1 is 1.03 bits per heavy atom. The Balaban J connectivity index is 1.63. The molecule has 0 spiro atoms. The van der Waals surface area contributed by atoms with Crippen LogP contribution < -0.4 is 9.62 Å². The van der Waals surface area contributed by atoms with Crippen molar-refractivity contribution in [2.45, 2.75) is 31.2 Å². The average Bonchev–Trinajstić information content (AvgIpc) is 3.14. The Hall–Kier alpha value is -3.65. The minimum atomic E-state index is -3.74. The van der Waals surface area contributed by atoms with E-state index in [-0.39, 0.29) is 16.5 Å². The molecule has 8 heteroatoms. The number of anilines is 2. The van der Waals surface area contributed by atoms with E-state index in [1.54, 1.807) is 66.7 Å². The third-order valence-electron chi connectivity index (χ3n) is 5.65. The predicted molar refractivity (Wildman–Crippen MR) is 126 cm³/mol. The molecule has 1 heterocycles. The number of methoxy groups -OCH3 is 1.